The molecule has 21 heavy (non-hydrogen) atoms. The predicted octanol–water partition coefficient (Wildman–Crippen LogP) is 1.96. The Kier molecular flexibility index (Phi) is 5.55. The molecule has 2 rings (SSSR count). The molecule has 0 aliphatic heterocycles. The fourth-order valence-corrected chi connectivity index (χ4v) is 2.69. The number of ether oxygens (including phenoxy) is 1. The minimum absolute atomic E-state index is 0.292. The molecule has 1 heterocycles. The van der Waals surface area contributed by atoms with Crippen molar-refractivity contribution in [3.05, 3.63) is 0 Å². The third kappa shape index (κ3) is 4.17. The first-order chi connectivity index (χ1) is 10.1. The van der Waals surface area contributed by atoms with Crippen LogP contribution in [0.5, 0.6) is 6.01 Å². The fraction of sp³-hybridized carbons (Fsp3) is 0.786. The summed E-state index contributed by atoms with van der Waals surface area (Å²) in [5.41, 5.74) is 2.48. The van der Waals surface area contributed by atoms with Crippen LogP contribution in [-0.2, 0) is 0 Å². The van der Waals surface area contributed by atoms with Crippen LogP contribution in [0.25, 0.3) is 0 Å². The Balaban J connectivity index is 2.25. The number of aromatic nitrogens is 3. The number of rotatable bonds is 7. The molecule has 7 heteroatoms. The Morgan fingerprint density at radius 1 is 1.29 bits per heavy atom. The molecule has 118 valence electrons. The lowest BCUT2D eigenvalue weighted by Crippen LogP contribution is -2.36. The molecule has 1 fully saturated rings. The van der Waals surface area contributed by atoms with E-state index < -0.39 is 0 Å². The molecule has 0 aromatic carbocycles. The van der Waals surface area contributed by atoms with Gasteiger partial charge in [0.15, 0.2) is 0 Å². The van der Waals surface area contributed by atoms with Crippen LogP contribution in [0, 0.1) is 5.92 Å². The van der Waals surface area contributed by atoms with E-state index in [0.717, 1.165) is 13.0 Å². The van der Waals surface area contributed by atoms with Gasteiger partial charge in [0.05, 0.1) is 7.11 Å². The van der Waals surface area contributed by atoms with E-state index in [1.165, 1.54) is 25.7 Å². The summed E-state index contributed by atoms with van der Waals surface area (Å²) in [6.45, 7) is 5.40. The quantitative estimate of drug-likeness (QED) is 0.587. The lowest BCUT2D eigenvalue weighted by Gasteiger charge is -2.29. The zero-order valence-electron chi connectivity index (χ0n) is 13.2. The van der Waals surface area contributed by atoms with E-state index in [-0.39, 0.29) is 0 Å². The summed E-state index contributed by atoms with van der Waals surface area (Å²) in [6, 6.07) is 0.793. The van der Waals surface area contributed by atoms with Gasteiger partial charge in [0, 0.05) is 12.6 Å². The number of anilines is 2. The normalized spacial score (nSPS) is 15.5. The largest absolute Gasteiger partial charge is 0.467 e. The molecule has 0 atom stereocenters. The zero-order chi connectivity index (χ0) is 15.2. The Labute approximate surface area is 126 Å². The molecule has 1 aromatic heterocycles. The molecule has 1 aliphatic rings. The lowest BCUT2D eigenvalue weighted by molar-refractivity contribution is 0.377. The van der Waals surface area contributed by atoms with Crippen LogP contribution in [0.3, 0.4) is 0 Å². The number of nitrogen functional groups attached to an aromatic ring is 1. The van der Waals surface area contributed by atoms with Crippen molar-refractivity contribution in [2.24, 2.45) is 11.8 Å². The molecule has 0 unspecified atom stereocenters. The maximum atomic E-state index is 5.44. The summed E-state index contributed by atoms with van der Waals surface area (Å²) in [4.78, 5) is 15.2. The van der Waals surface area contributed by atoms with E-state index in [0.29, 0.717) is 29.9 Å². The van der Waals surface area contributed by atoms with E-state index in [9.17, 15) is 0 Å². The predicted molar refractivity (Wildman–Crippen MR) is 83.2 cm³/mol. The van der Waals surface area contributed by atoms with E-state index in [4.69, 9.17) is 10.6 Å². The van der Waals surface area contributed by atoms with Crippen molar-refractivity contribution in [2.45, 2.75) is 52.0 Å². The van der Waals surface area contributed by atoms with Gasteiger partial charge in [-0.05, 0) is 25.2 Å². The molecule has 0 saturated heterocycles. The van der Waals surface area contributed by atoms with Gasteiger partial charge in [-0.1, -0.05) is 26.7 Å². The highest BCUT2D eigenvalue weighted by Crippen LogP contribution is 2.28. The van der Waals surface area contributed by atoms with Gasteiger partial charge in [-0.25, -0.2) is 5.84 Å². The number of methoxy groups -OCH3 is 1. The molecular weight excluding hydrogens is 268 g/mol. The number of hydrazine groups is 1. The van der Waals surface area contributed by atoms with E-state index >= 15 is 0 Å². The van der Waals surface area contributed by atoms with Crippen LogP contribution in [-0.4, -0.2) is 34.6 Å². The van der Waals surface area contributed by atoms with Gasteiger partial charge >= 0.3 is 6.01 Å². The Hall–Kier alpha value is -1.63. The second-order valence-electron chi connectivity index (χ2n) is 5.90. The van der Waals surface area contributed by atoms with Crippen molar-refractivity contribution in [3.63, 3.8) is 0 Å². The molecule has 1 aliphatic carbocycles. The van der Waals surface area contributed by atoms with Crippen LogP contribution < -0.4 is 20.9 Å². The average Bonchev–Trinajstić information content (AvgIpc) is 3.00. The maximum Gasteiger partial charge on any atom is 0.322 e. The highest BCUT2D eigenvalue weighted by Gasteiger charge is 2.25. The van der Waals surface area contributed by atoms with Crippen molar-refractivity contribution in [2.75, 3.05) is 24.0 Å². The standard InChI is InChI=1S/C14H26N6O/c1-10(2)8-9-20(11-6-4-5-7-11)13-16-12(19-15)17-14(18-13)21-3/h10-11H,4-9,15H2,1-3H3,(H,16,17,18,19). The fourth-order valence-electron chi connectivity index (χ4n) is 2.69. The molecule has 0 spiro atoms. The third-order valence-electron chi connectivity index (χ3n) is 3.88. The number of nitrogens with zero attached hydrogens (tertiary/aromatic N) is 4. The van der Waals surface area contributed by atoms with Gasteiger partial charge in [0.1, 0.15) is 0 Å². The monoisotopic (exact) mass is 294 g/mol. The minimum atomic E-state index is 0.292. The third-order valence-corrected chi connectivity index (χ3v) is 3.88. The van der Waals surface area contributed by atoms with Crippen molar-refractivity contribution in [1.29, 1.82) is 0 Å². The smallest absolute Gasteiger partial charge is 0.322 e. The van der Waals surface area contributed by atoms with Gasteiger partial charge in [0.2, 0.25) is 11.9 Å². The van der Waals surface area contributed by atoms with Crippen LogP contribution >= 0.6 is 0 Å². The van der Waals surface area contributed by atoms with Gasteiger partial charge in [-0.3, -0.25) is 5.43 Å². The summed E-state index contributed by atoms with van der Waals surface area (Å²) in [7, 11) is 1.55. The molecule has 0 radical (unpaired) electrons. The van der Waals surface area contributed by atoms with Crippen LogP contribution in [0.4, 0.5) is 11.9 Å². The summed E-state index contributed by atoms with van der Waals surface area (Å²) >= 11 is 0. The van der Waals surface area contributed by atoms with Gasteiger partial charge in [-0.2, -0.15) is 15.0 Å². The second-order valence-corrected chi connectivity index (χ2v) is 5.90. The zero-order valence-corrected chi connectivity index (χ0v) is 13.2. The van der Waals surface area contributed by atoms with Gasteiger partial charge in [0.25, 0.3) is 0 Å². The molecule has 0 bridgehead atoms. The maximum absolute atomic E-state index is 5.44. The number of nitrogens with one attached hydrogen (secondary N) is 1. The summed E-state index contributed by atoms with van der Waals surface area (Å²) < 4.78 is 5.15. The molecular formula is C14H26N6O. The summed E-state index contributed by atoms with van der Waals surface area (Å²) in [5.74, 6) is 7.08. The topological polar surface area (TPSA) is 89.2 Å². The average molecular weight is 294 g/mol. The number of hydrogen-bond donors (Lipinski definition) is 2. The molecule has 7 nitrogen and oxygen atoms in total. The molecule has 3 N–H and O–H groups in total. The summed E-state index contributed by atoms with van der Waals surface area (Å²) in [5, 5.41) is 0. The van der Waals surface area contributed by atoms with Crippen LogP contribution in [0.1, 0.15) is 46.0 Å². The highest BCUT2D eigenvalue weighted by atomic mass is 16.5. The highest BCUT2D eigenvalue weighted by molar-refractivity contribution is 5.39. The number of nitrogens with two attached hydrogens (primary N) is 1. The minimum Gasteiger partial charge on any atom is -0.467 e. The summed E-state index contributed by atoms with van der Waals surface area (Å²) in [6.07, 6.45) is 6.03. The van der Waals surface area contributed by atoms with Crippen molar-refractivity contribution in [1.82, 2.24) is 15.0 Å². The van der Waals surface area contributed by atoms with Gasteiger partial charge in [-0.15, -0.1) is 0 Å². The van der Waals surface area contributed by atoms with E-state index in [2.05, 4.69) is 39.1 Å². The van der Waals surface area contributed by atoms with Crippen LogP contribution in [0.2, 0.25) is 0 Å². The van der Waals surface area contributed by atoms with E-state index in [1.54, 1.807) is 7.11 Å². The van der Waals surface area contributed by atoms with Crippen molar-refractivity contribution in [3.8, 4) is 6.01 Å². The lowest BCUT2D eigenvalue weighted by atomic mass is 10.1. The first-order valence-corrected chi connectivity index (χ1v) is 7.67. The Morgan fingerprint density at radius 2 is 2.00 bits per heavy atom. The Bertz CT molecular complexity index is 425. The SMILES string of the molecule is COc1nc(NN)nc(N(CCC(C)C)C2CCCC2)n1. The van der Waals surface area contributed by atoms with Crippen molar-refractivity contribution >= 4 is 11.9 Å². The van der Waals surface area contributed by atoms with E-state index in [1.807, 2.05) is 0 Å². The van der Waals surface area contributed by atoms with Crippen molar-refractivity contribution < 1.29 is 4.74 Å². The second kappa shape index (κ2) is 7.40. The molecule has 0 amide bonds. The number of hydrogen-bond acceptors (Lipinski definition) is 7. The molecule has 1 aromatic rings. The van der Waals surface area contributed by atoms with Crippen LogP contribution in [0.15, 0.2) is 0 Å². The van der Waals surface area contributed by atoms with Gasteiger partial charge < -0.3 is 9.64 Å². The first kappa shape index (κ1) is 15.8. The molecule has 1 saturated carbocycles. The Morgan fingerprint density at radius 3 is 2.57 bits per heavy atom. The first-order valence-electron chi connectivity index (χ1n) is 7.67.